The molecule has 3 nitrogen and oxygen atoms in total. The SMILES string of the molecule is CC(O)(CNC(=O)C1CC1c1cccc(F)c1F)c1cccs1. The summed E-state index contributed by atoms with van der Waals surface area (Å²) in [6.07, 6.45) is 0.493. The smallest absolute Gasteiger partial charge is 0.223 e. The highest BCUT2D eigenvalue weighted by atomic mass is 32.1. The number of hydrogen-bond donors (Lipinski definition) is 2. The highest BCUT2D eigenvalue weighted by Crippen LogP contribution is 2.48. The molecular formula is C17H17F2NO2S. The summed E-state index contributed by atoms with van der Waals surface area (Å²) in [5.74, 6) is -2.68. The van der Waals surface area contributed by atoms with Gasteiger partial charge in [0.2, 0.25) is 5.91 Å². The van der Waals surface area contributed by atoms with Gasteiger partial charge in [-0.2, -0.15) is 0 Å². The van der Waals surface area contributed by atoms with Crippen molar-refractivity contribution in [1.29, 1.82) is 0 Å². The number of carbonyl (C=O) groups is 1. The number of nitrogens with one attached hydrogen (secondary N) is 1. The molecule has 0 radical (unpaired) electrons. The molecule has 0 saturated heterocycles. The van der Waals surface area contributed by atoms with Crippen LogP contribution in [0.1, 0.15) is 29.7 Å². The number of benzene rings is 1. The topological polar surface area (TPSA) is 49.3 Å². The van der Waals surface area contributed by atoms with E-state index in [9.17, 15) is 18.7 Å². The number of aliphatic hydroxyl groups is 1. The van der Waals surface area contributed by atoms with Crippen LogP contribution in [0, 0.1) is 17.6 Å². The zero-order chi connectivity index (χ0) is 16.6. The van der Waals surface area contributed by atoms with Crippen molar-refractivity contribution in [3.63, 3.8) is 0 Å². The quantitative estimate of drug-likeness (QED) is 0.880. The van der Waals surface area contributed by atoms with Crippen LogP contribution >= 0.6 is 11.3 Å². The van der Waals surface area contributed by atoms with Crippen molar-refractivity contribution in [2.24, 2.45) is 5.92 Å². The summed E-state index contributed by atoms with van der Waals surface area (Å²) in [4.78, 5) is 12.9. The Bertz CT molecular complexity index is 715. The normalized spacial score (nSPS) is 22.4. The fraction of sp³-hybridized carbons (Fsp3) is 0.353. The van der Waals surface area contributed by atoms with E-state index in [2.05, 4.69) is 5.32 Å². The Morgan fingerprint density at radius 2 is 2.17 bits per heavy atom. The maximum atomic E-state index is 13.7. The minimum atomic E-state index is -1.14. The van der Waals surface area contributed by atoms with Gasteiger partial charge in [0, 0.05) is 10.8 Å². The monoisotopic (exact) mass is 337 g/mol. The van der Waals surface area contributed by atoms with Crippen LogP contribution < -0.4 is 5.32 Å². The summed E-state index contributed by atoms with van der Waals surface area (Å²) in [6.45, 7) is 1.72. The molecule has 2 N–H and O–H groups in total. The first-order valence-corrected chi connectivity index (χ1v) is 8.26. The zero-order valence-electron chi connectivity index (χ0n) is 12.6. The number of rotatable bonds is 5. The Morgan fingerprint density at radius 1 is 1.39 bits per heavy atom. The molecular weight excluding hydrogens is 320 g/mol. The van der Waals surface area contributed by atoms with Crippen molar-refractivity contribution < 1.29 is 18.7 Å². The highest BCUT2D eigenvalue weighted by Gasteiger charge is 2.45. The molecule has 2 aromatic rings. The Labute approximate surface area is 137 Å². The second kappa shape index (κ2) is 6.02. The van der Waals surface area contributed by atoms with Crippen molar-refractivity contribution in [3.8, 4) is 0 Å². The van der Waals surface area contributed by atoms with E-state index >= 15 is 0 Å². The zero-order valence-corrected chi connectivity index (χ0v) is 13.4. The van der Waals surface area contributed by atoms with Gasteiger partial charge in [0.1, 0.15) is 5.60 Å². The molecule has 122 valence electrons. The molecule has 6 heteroatoms. The predicted octanol–water partition coefficient (Wildman–Crippen LogP) is 3.15. The number of amides is 1. The van der Waals surface area contributed by atoms with Gasteiger partial charge in [-0.25, -0.2) is 8.78 Å². The van der Waals surface area contributed by atoms with Crippen LogP contribution in [0.5, 0.6) is 0 Å². The number of thiophene rings is 1. The Morgan fingerprint density at radius 3 is 2.87 bits per heavy atom. The van der Waals surface area contributed by atoms with Crippen molar-refractivity contribution in [3.05, 3.63) is 57.8 Å². The Hall–Kier alpha value is -1.79. The van der Waals surface area contributed by atoms with Crippen molar-refractivity contribution in [2.75, 3.05) is 6.54 Å². The molecule has 0 spiro atoms. The molecule has 0 aliphatic heterocycles. The largest absolute Gasteiger partial charge is 0.383 e. The molecule has 1 aliphatic carbocycles. The highest BCUT2D eigenvalue weighted by molar-refractivity contribution is 7.10. The molecule has 1 saturated carbocycles. The second-order valence-electron chi connectivity index (χ2n) is 6.06. The van der Waals surface area contributed by atoms with Crippen molar-refractivity contribution in [2.45, 2.75) is 24.9 Å². The molecule has 3 rings (SSSR count). The minimum absolute atomic E-state index is 0.0845. The first-order valence-electron chi connectivity index (χ1n) is 7.38. The van der Waals surface area contributed by atoms with E-state index in [0.717, 1.165) is 10.9 Å². The molecule has 1 amide bonds. The van der Waals surface area contributed by atoms with Gasteiger partial charge in [0.05, 0.1) is 6.54 Å². The summed E-state index contributed by atoms with van der Waals surface area (Å²) in [7, 11) is 0. The first kappa shape index (κ1) is 16.1. The molecule has 1 aromatic carbocycles. The maximum Gasteiger partial charge on any atom is 0.223 e. The van der Waals surface area contributed by atoms with E-state index in [4.69, 9.17) is 0 Å². The summed E-state index contributed by atoms with van der Waals surface area (Å²) in [6, 6.07) is 7.66. The Kier molecular flexibility index (Phi) is 4.21. The van der Waals surface area contributed by atoms with E-state index in [1.165, 1.54) is 23.5 Å². The summed E-state index contributed by atoms with van der Waals surface area (Å²) < 4.78 is 27.0. The average molecular weight is 337 g/mol. The lowest BCUT2D eigenvalue weighted by Gasteiger charge is -2.22. The summed E-state index contributed by atoms with van der Waals surface area (Å²) in [5.41, 5.74) is -0.895. The van der Waals surface area contributed by atoms with Gasteiger partial charge in [0.15, 0.2) is 11.6 Å². The number of carbonyl (C=O) groups excluding carboxylic acids is 1. The summed E-state index contributed by atoms with van der Waals surface area (Å²) >= 11 is 1.41. The fourth-order valence-electron chi connectivity index (χ4n) is 2.70. The Balaban J connectivity index is 1.60. The van der Waals surface area contributed by atoms with Gasteiger partial charge in [-0.15, -0.1) is 11.3 Å². The molecule has 1 aliphatic rings. The van der Waals surface area contributed by atoms with Gasteiger partial charge in [-0.3, -0.25) is 4.79 Å². The van der Waals surface area contributed by atoms with Crippen LogP contribution in [0.2, 0.25) is 0 Å². The van der Waals surface area contributed by atoms with Crippen LogP contribution in [0.25, 0.3) is 0 Å². The van der Waals surface area contributed by atoms with E-state index in [0.29, 0.717) is 6.42 Å². The van der Waals surface area contributed by atoms with Gasteiger partial charge in [-0.1, -0.05) is 18.2 Å². The van der Waals surface area contributed by atoms with Crippen LogP contribution in [0.3, 0.4) is 0 Å². The first-order chi connectivity index (χ1) is 10.9. The third-order valence-corrected chi connectivity index (χ3v) is 5.29. The van der Waals surface area contributed by atoms with Gasteiger partial charge < -0.3 is 10.4 Å². The van der Waals surface area contributed by atoms with Gasteiger partial charge in [0.25, 0.3) is 0 Å². The van der Waals surface area contributed by atoms with Crippen molar-refractivity contribution in [1.82, 2.24) is 5.32 Å². The lowest BCUT2D eigenvalue weighted by atomic mass is 10.0. The van der Waals surface area contributed by atoms with Crippen LogP contribution in [-0.2, 0) is 10.4 Å². The summed E-state index contributed by atoms with van der Waals surface area (Å²) in [5, 5.41) is 14.9. The third kappa shape index (κ3) is 3.28. The standard InChI is InChI=1S/C17H17F2NO2S/c1-17(22,14-6-3-7-23-14)9-20-16(21)12-8-11(12)10-4-2-5-13(18)15(10)19/h2-7,11-12,22H,8-9H2,1H3,(H,20,21). The van der Waals surface area contributed by atoms with E-state index in [-0.39, 0.29) is 29.9 Å². The average Bonchev–Trinajstić information content (AvgIpc) is 3.09. The number of hydrogen-bond acceptors (Lipinski definition) is 3. The van der Waals surface area contributed by atoms with Gasteiger partial charge in [-0.05, 0) is 42.3 Å². The maximum absolute atomic E-state index is 13.7. The third-order valence-electron chi connectivity index (χ3n) is 4.17. The predicted molar refractivity (Wildman–Crippen MR) is 84.1 cm³/mol. The minimum Gasteiger partial charge on any atom is -0.383 e. The fourth-order valence-corrected chi connectivity index (χ4v) is 3.48. The molecule has 1 heterocycles. The van der Waals surface area contributed by atoms with Crippen LogP contribution in [-0.4, -0.2) is 17.6 Å². The van der Waals surface area contributed by atoms with Crippen molar-refractivity contribution >= 4 is 17.2 Å². The second-order valence-corrected chi connectivity index (χ2v) is 7.01. The lowest BCUT2D eigenvalue weighted by molar-refractivity contribution is -0.123. The molecule has 3 unspecified atom stereocenters. The molecule has 3 atom stereocenters. The van der Waals surface area contributed by atoms with E-state index in [1.54, 1.807) is 13.0 Å². The van der Waals surface area contributed by atoms with E-state index in [1.807, 2.05) is 11.4 Å². The molecule has 1 fully saturated rings. The van der Waals surface area contributed by atoms with Crippen LogP contribution in [0.4, 0.5) is 8.78 Å². The lowest BCUT2D eigenvalue weighted by Crippen LogP contribution is -2.38. The molecule has 1 aromatic heterocycles. The number of halogens is 2. The van der Waals surface area contributed by atoms with Crippen LogP contribution in [0.15, 0.2) is 35.7 Å². The van der Waals surface area contributed by atoms with E-state index < -0.39 is 17.2 Å². The molecule has 0 bridgehead atoms. The molecule has 23 heavy (non-hydrogen) atoms. The van der Waals surface area contributed by atoms with Gasteiger partial charge >= 0.3 is 0 Å².